The van der Waals surface area contributed by atoms with E-state index in [0.29, 0.717) is 23.7 Å². The molecule has 1 aromatic carbocycles. The molecule has 3 atom stereocenters. The summed E-state index contributed by atoms with van der Waals surface area (Å²) in [4.78, 5) is 26.5. The van der Waals surface area contributed by atoms with Crippen molar-refractivity contribution in [2.24, 2.45) is 5.92 Å². The second kappa shape index (κ2) is 9.49. The molecule has 2 saturated heterocycles. The maximum absolute atomic E-state index is 13.2. The molecule has 2 fully saturated rings. The lowest BCUT2D eigenvalue weighted by Gasteiger charge is -2.19. The van der Waals surface area contributed by atoms with Crippen molar-refractivity contribution in [3.05, 3.63) is 58.3 Å². The van der Waals surface area contributed by atoms with Gasteiger partial charge in [-0.3, -0.25) is 9.59 Å². The van der Waals surface area contributed by atoms with Crippen molar-refractivity contribution >= 4 is 50.6 Å². The van der Waals surface area contributed by atoms with Gasteiger partial charge in [-0.15, -0.1) is 23.1 Å². The topological polar surface area (TPSA) is 95.6 Å². The fourth-order valence-corrected chi connectivity index (χ4v) is 9.30. The largest absolute Gasteiger partial charge is 0.341 e. The van der Waals surface area contributed by atoms with Gasteiger partial charge >= 0.3 is 0 Å². The van der Waals surface area contributed by atoms with Crippen LogP contribution in [0.15, 0.2) is 47.9 Å². The zero-order chi connectivity index (χ0) is 23.9. The Hall–Kier alpha value is -2.14. The first-order chi connectivity index (χ1) is 16.3. The number of sulfonamides is 1. The second-order valence-corrected chi connectivity index (χ2v) is 13.5. The lowest BCUT2D eigenvalue weighted by molar-refractivity contribution is -0.116. The second-order valence-electron chi connectivity index (χ2n) is 8.94. The molecule has 0 saturated carbocycles. The summed E-state index contributed by atoms with van der Waals surface area (Å²) in [7, 11) is -3.62. The number of rotatable bonds is 6. The first kappa shape index (κ1) is 23.6. The predicted octanol–water partition coefficient (Wildman–Crippen LogP) is 3.63. The molecule has 2 aromatic rings. The number of aryl methyl sites for hydroxylation is 2. The lowest BCUT2D eigenvalue weighted by Crippen LogP contribution is -2.33. The van der Waals surface area contributed by atoms with Crippen molar-refractivity contribution in [2.45, 2.75) is 47.6 Å². The number of thiophene rings is 1. The summed E-state index contributed by atoms with van der Waals surface area (Å²) >= 11 is 3.18. The molecule has 0 spiro atoms. The normalized spacial score (nSPS) is 24.3. The van der Waals surface area contributed by atoms with E-state index in [4.69, 9.17) is 0 Å². The summed E-state index contributed by atoms with van der Waals surface area (Å²) in [6.07, 6.45) is 6.43. The number of anilines is 1. The smallest absolute Gasteiger partial charge is 0.265 e. The summed E-state index contributed by atoms with van der Waals surface area (Å²) in [5, 5.41) is 5.95. The maximum atomic E-state index is 13.2. The van der Waals surface area contributed by atoms with Crippen LogP contribution in [-0.2, 0) is 27.7 Å². The van der Waals surface area contributed by atoms with Crippen LogP contribution in [0.3, 0.4) is 0 Å². The fraction of sp³-hybridized carbons (Fsp3) is 0.417. The third-order valence-electron chi connectivity index (χ3n) is 6.66. The van der Waals surface area contributed by atoms with E-state index in [1.165, 1.54) is 33.7 Å². The van der Waals surface area contributed by atoms with Crippen LogP contribution in [0.25, 0.3) is 0 Å². The Morgan fingerprint density at radius 3 is 2.59 bits per heavy atom. The fourth-order valence-electron chi connectivity index (χ4n) is 4.89. The van der Waals surface area contributed by atoms with Gasteiger partial charge in [0.15, 0.2) is 0 Å². The van der Waals surface area contributed by atoms with Crippen LogP contribution >= 0.6 is 23.1 Å². The summed E-state index contributed by atoms with van der Waals surface area (Å²) in [5.74, 6) is -0.143. The number of nitrogens with zero attached hydrogens (tertiary/aromatic N) is 1. The number of benzene rings is 1. The Bertz CT molecular complexity index is 1190. The molecule has 10 heteroatoms. The number of carbonyl (C=O) groups is 2. The molecule has 2 aliphatic heterocycles. The Labute approximate surface area is 208 Å². The third kappa shape index (κ3) is 4.68. The van der Waals surface area contributed by atoms with Crippen LogP contribution in [0.4, 0.5) is 5.69 Å². The van der Waals surface area contributed by atoms with Gasteiger partial charge in [0.2, 0.25) is 15.9 Å². The molecular weight excluding hydrogens is 490 g/mol. The first-order valence-corrected chi connectivity index (χ1v) is 14.6. The van der Waals surface area contributed by atoms with Gasteiger partial charge < -0.3 is 10.6 Å². The molecule has 1 aliphatic carbocycles. The van der Waals surface area contributed by atoms with Crippen LogP contribution in [0, 0.1) is 5.92 Å². The zero-order valence-electron chi connectivity index (χ0n) is 18.7. The van der Waals surface area contributed by atoms with E-state index >= 15 is 0 Å². The van der Waals surface area contributed by atoms with Gasteiger partial charge in [-0.1, -0.05) is 6.58 Å². The molecule has 2 N–H and O–H groups in total. The molecule has 7 nitrogen and oxygen atoms in total. The molecule has 34 heavy (non-hydrogen) atoms. The van der Waals surface area contributed by atoms with Crippen molar-refractivity contribution in [1.82, 2.24) is 9.62 Å². The van der Waals surface area contributed by atoms with Crippen LogP contribution in [-0.4, -0.2) is 48.3 Å². The van der Waals surface area contributed by atoms with Gasteiger partial charge in [0.1, 0.15) is 0 Å². The Morgan fingerprint density at radius 1 is 1.12 bits per heavy atom. The van der Waals surface area contributed by atoms with E-state index in [2.05, 4.69) is 17.2 Å². The Kier molecular flexibility index (Phi) is 6.58. The first-order valence-electron chi connectivity index (χ1n) is 11.4. The molecule has 180 valence electrons. The highest BCUT2D eigenvalue weighted by atomic mass is 32.2. The van der Waals surface area contributed by atoms with Crippen molar-refractivity contribution in [1.29, 1.82) is 0 Å². The number of hydrogen-bond acceptors (Lipinski definition) is 6. The van der Waals surface area contributed by atoms with E-state index in [1.54, 1.807) is 47.4 Å². The van der Waals surface area contributed by atoms with Gasteiger partial charge in [0, 0.05) is 28.9 Å². The predicted molar refractivity (Wildman–Crippen MR) is 136 cm³/mol. The van der Waals surface area contributed by atoms with Crippen LogP contribution in [0.1, 0.15) is 39.4 Å². The van der Waals surface area contributed by atoms with E-state index in [0.717, 1.165) is 19.3 Å². The number of carbonyl (C=O) groups excluding carboxylic acids is 2. The summed E-state index contributed by atoms with van der Waals surface area (Å²) in [5.41, 5.74) is 1.86. The number of hydrogen-bond donors (Lipinski definition) is 2. The third-order valence-corrected chi connectivity index (χ3v) is 11.3. The minimum absolute atomic E-state index is 0.00198. The highest BCUT2D eigenvalue weighted by Gasteiger charge is 2.45. The van der Waals surface area contributed by atoms with E-state index in [-0.39, 0.29) is 33.3 Å². The summed E-state index contributed by atoms with van der Waals surface area (Å²) in [6, 6.07) is 8.38. The molecule has 3 heterocycles. The summed E-state index contributed by atoms with van der Waals surface area (Å²) < 4.78 is 27.9. The lowest BCUT2D eigenvalue weighted by atomic mass is 9.99. The minimum atomic E-state index is -3.62. The Balaban J connectivity index is 1.20. The average Bonchev–Trinajstić information content (AvgIpc) is 3.52. The maximum Gasteiger partial charge on any atom is 0.265 e. The molecule has 2 amide bonds. The van der Waals surface area contributed by atoms with Gasteiger partial charge in [-0.05, 0) is 80.0 Å². The number of amides is 2. The molecule has 5 rings (SSSR count). The quantitative estimate of drug-likeness (QED) is 0.571. The molecule has 1 aromatic heterocycles. The SMILES string of the molecule is C=CC(=O)NC1CC2CN(S(=O)(=O)c3ccc(NC(=O)c4cc5c(s4)CCCC5)cc3)CC2S1. The molecule has 3 aliphatic rings. The zero-order valence-corrected chi connectivity index (χ0v) is 21.1. The molecular formula is C24H27N3O4S3. The van der Waals surface area contributed by atoms with Crippen molar-refractivity contribution < 1.29 is 18.0 Å². The number of nitrogens with one attached hydrogen (secondary N) is 2. The van der Waals surface area contributed by atoms with Crippen molar-refractivity contribution in [2.75, 3.05) is 18.4 Å². The van der Waals surface area contributed by atoms with Crippen LogP contribution < -0.4 is 10.6 Å². The van der Waals surface area contributed by atoms with Gasteiger partial charge in [-0.25, -0.2) is 8.42 Å². The van der Waals surface area contributed by atoms with Crippen molar-refractivity contribution in [3.63, 3.8) is 0 Å². The molecule has 0 radical (unpaired) electrons. The van der Waals surface area contributed by atoms with E-state index < -0.39 is 10.0 Å². The van der Waals surface area contributed by atoms with Gasteiger partial charge in [0.05, 0.1) is 15.1 Å². The summed E-state index contributed by atoms with van der Waals surface area (Å²) in [6.45, 7) is 4.35. The monoisotopic (exact) mass is 517 g/mol. The van der Waals surface area contributed by atoms with E-state index in [1.807, 2.05) is 6.07 Å². The van der Waals surface area contributed by atoms with Gasteiger partial charge in [0.25, 0.3) is 5.91 Å². The molecule has 0 bridgehead atoms. The average molecular weight is 518 g/mol. The minimum Gasteiger partial charge on any atom is -0.341 e. The number of fused-ring (bicyclic) bond motifs is 2. The van der Waals surface area contributed by atoms with Crippen molar-refractivity contribution in [3.8, 4) is 0 Å². The highest BCUT2D eigenvalue weighted by Crippen LogP contribution is 2.43. The highest BCUT2D eigenvalue weighted by molar-refractivity contribution is 8.00. The van der Waals surface area contributed by atoms with E-state index in [9.17, 15) is 18.0 Å². The van der Waals surface area contributed by atoms with Gasteiger partial charge in [-0.2, -0.15) is 4.31 Å². The standard InChI is InChI=1S/C24H27N3O4S3/c1-2-22(28)26-23-12-16-13-27(14-21(16)33-23)34(30,31)18-9-7-17(8-10-18)25-24(29)20-11-15-5-3-4-6-19(15)32-20/h2,7-11,16,21,23H,1,3-6,12-14H2,(H,25,29)(H,26,28). The number of thioether (sulfide) groups is 1. The molecule has 3 unspecified atom stereocenters. The Morgan fingerprint density at radius 2 is 1.88 bits per heavy atom. The van der Waals surface area contributed by atoms with Crippen LogP contribution in [0.5, 0.6) is 0 Å². The van der Waals surface area contributed by atoms with Crippen LogP contribution in [0.2, 0.25) is 0 Å².